The van der Waals surface area contributed by atoms with Crippen LogP contribution in [0.25, 0.3) is 0 Å². The molecule has 1 aliphatic carbocycles. The molecule has 1 saturated carbocycles. The van der Waals surface area contributed by atoms with Crippen LogP contribution in [0.2, 0.25) is 0 Å². The number of amides is 1. The van der Waals surface area contributed by atoms with Gasteiger partial charge in [0.15, 0.2) is 11.5 Å². The third kappa shape index (κ3) is 3.35. The molecule has 1 amide bonds. The van der Waals surface area contributed by atoms with Crippen molar-refractivity contribution in [2.75, 3.05) is 13.2 Å². The van der Waals surface area contributed by atoms with Crippen molar-refractivity contribution in [2.45, 2.75) is 18.9 Å². The summed E-state index contributed by atoms with van der Waals surface area (Å²) in [5.41, 5.74) is 1.59. The third-order valence-corrected chi connectivity index (χ3v) is 4.70. The minimum absolute atomic E-state index is 0.0996. The Hall–Kier alpha value is -3.02. The van der Waals surface area contributed by atoms with Gasteiger partial charge in [-0.1, -0.05) is 6.07 Å². The van der Waals surface area contributed by atoms with E-state index in [9.17, 15) is 9.59 Å². The smallest absolute Gasteiger partial charge is 0.335 e. The second kappa shape index (κ2) is 6.71. The van der Waals surface area contributed by atoms with Gasteiger partial charge in [-0.2, -0.15) is 0 Å². The molecule has 6 nitrogen and oxygen atoms in total. The molecule has 2 aliphatic rings. The molecular formula is C20H19NO5. The van der Waals surface area contributed by atoms with Crippen LogP contribution in [0.5, 0.6) is 11.5 Å². The molecule has 0 spiro atoms. The number of nitrogens with one attached hydrogen (secondary N) is 1. The minimum atomic E-state index is -1.01. The van der Waals surface area contributed by atoms with E-state index in [2.05, 4.69) is 5.32 Å². The van der Waals surface area contributed by atoms with Crippen LogP contribution in [0.3, 0.4) is 0 Å². The number of fused-ring (bicyclic) bond motifs is 1. The summed E-state index contributed by atoms with van der Waals surface area (Å²) in [6.45, 7) is 1.06. The van der Waals surface area contributed by atoms with Crippen molar-refractivity contribution >= 4 is 11.9 Å². The van der Waals surface area contributed by atoms with E-state index < -0.39 is 5.97 Å². The van der Waals surface area contributed by atoms with E-state index in [1.54, 1.807) is 0 Å². The predicted octanol–water partition coefficient (Wildman–Crippen LogP) is 3.04. The second-order valence-corrected chi connectivity index (χ2v) is 6.57. The third-order valence-electron chi connectivity index (χ3n) is 4.70. The van der Waals surface area contributed by atoms with Crippen molar-refractivity contribution in [1.82, 2.24) is 5.32 Å². The zero-order chi connectivity index (χ0) is 18.1. The van der Waals surface area contributed by atoms with E-state index in [0.29, 0.717) is 30.4 Å². The molecule has 1 unspecified atom stereocenters. The average molecular weight is 353 g/mol. The average Bonchev–Trinajstić information content (AvgIpc) is 3.50. The number of hydrogen-bond donors (Lipinski definition) is 2. The highest BCUT2D eigenvalue weighted by Gasteiger charge is 2.34. The number of carbonyl (C=O) groups is 2. The van der Waals surface area contributed by atoms with Crippen molar-refractivity contribution in [2.24, 2.45) is 5.92 Å². The maximum absolute atomic E-state index is 12.6. The van der Waals surface area contributed by atoms with E-state index >= 15 is 0 Å². The molecule has 2 N–H and O–H groups in total. The van der Waals surface area contributed by atoms with Gasteiger partial charge in [-0.3, -0.25) is 4.79 Å². The Balaban J connectivity index is 1.54. The number of rotatable bonds is 5. The molecule has 1 fully saturated rings. The topological polar surface area (TPSA) is 84.9 Å². The van der Waals surface area contributed by atoms with Gasteiger partial charge in [0.2, 0.25) is 0 Å². The Bertz CT molecular complexity index is 842. The van der Waals surface area contributed by atoms with E-state index in [0.717, 1.165) is 24.2 Å². The highest BCUT2D eigenvalue weighted by atomic mass is 16.6. The highest BCUT2D eigenvalue weighted by molar-refractivity contribution is 5.96. The Kier molecular flexibility index (Phi) is 4.24. The molecule has 0 bridgehead atoms. The molecule has 2 aromatic rings. The molecule has 2 aromatic carbocycles. The molecular weight excluding hydrogens is 334 g/mol. The second-order valence-electron chi connectivity index (χ2n) is 6.57. The van der Waals surface area contributed by atoms with Crippen LogP contribution in [-0.2, 0) is 0 Å². The molecule has 26 heavy (non-hydrogen) atoms. The van der Waals surface area contributed by atoms with Gasteiger partial charge in [0, 0.05) is 5.56 Å². The summed E-state index contributed by atoms with van der Waals surface area (Å²) in [4.78, 5) is 23.6. The summed E-state index contributed by atoms with van der Waals surface area (Å²) in [6.07, 6.45) is 2.13. The van der Waals surface area contributed by atoms with Gasteiger partial charge in [0.1, 0.15) is 13.2 Å². The Morgan fingerprint density at radius 2 is 1.62 bits per heavy atom. The van der Waals surface area contributed by atoms with Crippen LogP contribution in [0, 0.1) is 5.92 Å². The Morgan fingerprint density at radius 1 is 0.962 bits per heavy atom. The van der Waals surface area contributed by atoms with Crippen molar-refractivity contribution in [3.63, 3.8) is 0 Å². The molecule has 1 aliphatic heterocycles. The Morgan fingerprint density at radius 3 is 2.27 bits per heavy atom. The summed E-state index contributed by atoms with van der Waals surface area (Å²) < 4.78 is 11.2. The van der Waals surface area contributed by atoms with Crippen molar-refractivity contribution in [3.05, 3.63) is 59.2 Å². The molecule has 4 rings (SSSR count). The summed E-state index contributed by atoms with van der Waals surface area (Å²) in [5, 5.41) is 12.0. The number of carbonyl (C=O) groups excluding carboxylic acids is 1. The van der Waals surface area contributed by atoms with E-state index in [1.807, 2.05) is 18.2 Å². The molecule has 0 radical (unpaired) electrons. The van der Waals surface area contributed by atoms with Gasteiger partial charge in [0.25, 0.3) is 5.91 Å². The van der Waals surface area contributed by atoms with Crippen LogP contribution >= 0.6 is 0 Å². The van der Waals surface area contributed by atoms with Crippen LogP contribution in [-0.4, -0.2) is 30.2 Å². The lowest BCUT2D eigenvalue weighted by molar-refractivity contribution is 0.0696. The lowest BCUT2D eigenvalue weighted by atomic mass is 10.0. The fourth-order valence-corrected chi connectivity index (χ4v) is 3.15. The summed E-state index contributed by atoms with van der Waals surface area (Å²) in [5.74, 6) is 0.613. The normalized spacial score (nSPS) is 16.6. The number of carboxylic acid groups (broad SMARTS) is 1. The van der Waals surface area contributed by atoms with Gasteiger partial charge >= 0.3 is 5.97 Å². The van der Waals surface area contributed by atoms with Gasteiger partial charge in [-0.05, 0) is 60.7 Å². The quantitative estimate of drug-likeness (QED) is 0.863. The maximum atomic E-state index is 12.6. The van der Waals surface area contributed by atoms with Crippen LogP contribution in [0.1, 0.15) is 45.2 Å². The predicted molar refractivity (Wildman–Crippen MR) is 93.8 cm³/mol. The number of benzene rings is 2. The minimum Gasteiger partial charge on any atom is -0.486 e. The van der Waals surface area contributed by atoms with Crippen LogP contribution in [0.4, 0.5) is 0 Å². The van der Waals surface area contributed by atoms with Gasteiger partial charge in [-0.15, -0.1) is 0 Å². The first-order chi connectivity index (χ1) is 12.6. The van der Waals surface area contributed by atoms with E-state index in [-0.39, 0.29) is 17.5 Å². The zero-order valence-corrected chi connectivity index (χ0v) is 14.1. The van der Waals surface area contributed by atoms with Gasteiger partial charge < -0.3 is 19.9 Å². The molecule has 0 saturated heterocycles. The van der Waals surface area contributed by atoms with E-state index in [1.165, 1.54) is 24.3 Å². The SMILES string of the molecule is O=C(O)c1ccc(C(=O)NC(c2ccc3c(c2)OCCO3)C2CC2)cc1. The molecule has 0 aromatic heterocycles. The standard InChI is InChI=1S/C20H19NO5/c22-19(13-3-5-14(6-4-13)20(23)24)21-18(12-1-2-12)15-7-8-16-17(11-15)26-10-9-25-16/h3-8,11-12,18H,1-2,9-10H2,(H,21,22)(H,23,24). The monoisotopic (exact) mass is 353 g/mol. The first-order valence-corrected chi connectivity index (χ1v) is 8.65. The first-order valence-electron chi connectivity index (χ1n) is 8.65. The van der Waals surface area contributed by atoms with Crippen LogP contribution < -0.4 is 14.8 Å². The van der Waals surface area contributed by atoms with Crippen molar-refractivity contribution < 1.29 is 24.2 Å². The number of aromatic carboxylic acids is 1. The van der Waals surface area contributed by atoms with Crippen LogP contribution in [0.15, 0.2) is 42.5 Å². The lowest BCUT2D eigenvalue weighted by Crippen LogP contribution is -2.30. The van der Waals surface area contributed by atoms with Crippen molar-refractivity contribution in [3.8, 4) is 11.5 Å². The number of carboxylic acids is 1. The number of ether oxygens (including phenoxy) is 2. The highest BCUT2D eigenvalue weighted by Crippen LogP contribution is 2.43. The largest absolute Gasteiger partial charge is 0.486 e. The molecule has 6 heteroatoms. The molecule has 1 atom stereocenters. The first kappa shape index (κ1) is 16.4. The zero-order valence-electron chi connectivity index (χ0n) is 14.1. The summed E-state index contributed by atoms with van der Waals surface area (Å²) >= 11 is 0. The fraction of sp³-hybridized carbons (Fsp3) is 0.300. The number of hydrogen-bond acceptors (Lipinski definition) is 4. The maximum Gasteiger partial charge on any atom is 0.335 e. The lowest BCUT2D eigenvalue weighted by Gasteiger charge is -2.23. The van der Waals surface area contributed by atoms with Crippen molar-refractivity contribution in [1.29, 1.82) is 0 Å². The van der Waals surface area contributed by atoms with Gasteiger partial charge in [-0.25, -0.2) is 4.79 Å². The molecule has 134 valence electrons. The Labute approximate surface area is 150 Å². The fourth-order valence-electron chi connectivity index (χ4n) is 3.15. The van der Waals surface area contributed by atoms with Gasteiger partial charge in [0.05, 0.1) is 11.6 Å². The molecule has 1 heterocycles. The summed E-state index contributed by atoms with van der Waals surface area (Å²) in [6, 6.07) is 11.6. The van der Waals surface area contributed by atoms with E-state index in [4.69, 9.17) is 14.6 Å². The summed E-state index contributed by atoms with van der Waals surface area (Å²) in [7, 11) is 0.